The van der Waals surface area contributed by atoms with E-state index in [0.717, 1.165) is 80.1 Å². The van der Waals surface area contributed by atoms with E-state index in [9.17, 15) is 9.59 Å². The van der Waals surface area contributed by atoms with Crippen molar-refractivity contribution >= 4 is 23.5 Å². The number of anilines is 2. The lowest BCUT2D eigenvalue weighted by Gasteiger charge is -2.43. The van der Waals surface area contributed by atoms with Crippen LogP contribution < -0.4 is 10.6 Å². The van der Waals surface area contributed by atoms with E-state index in [1.807, 2.05) is 0 Å². The number of fused-ring (bicyclic) bond motifs is 1. The standard InChI is InChI=1S/C24H33N5O3/c1-32-24(31)28-9-8-17-18(12-28)21(15-4-5-15)26-22(20(17)25)27-10-11-29(23(30)16-6-7-16)19(13-27)14-2-3-14/h14-16,19H,2-13,25H2,1H3/t19-/m0/s1. The molecule has 8 heteroatoms. The molecule has 3 aliphatic carbocycles. The maximum Gasteiger partial charge on any atom is 0.409 e. The minimum atomic E-state index is -0.288. The third-order valence-electron chi connectivity index (χ3n) is 7.94. The molecule has 6 rings (SSSR count). The van der Waals surface area contributed by atoms with Gasteiger partial charge in [-0.2, -0.15) is 0 Å². The first-order valence-corrected chi connectivity index (χ1v) is 12.2. The van der Waals surface area contributed by atoms with Gasteiger partial charge in [0.15, 0.2) is 5.82 Å². The van der Waals surface area contributed by atoms with Crippen LogP contribution in [0.15, 0.2) is 0 Å². The third kappa shape index (κ3) is 3.48. The highest BCUT2D eigenvalue weighted by atomic mass is 16.5. The summed E-state index contributed by atoms with van der Waals surface area (Å²) in [5.41, 5.74) is 10.9. The zero-order chi connectivity index (χ0) is 22.0. The lowest BCUT2D eigenvalue weighted by Crippen LogP contribution is -2.57. The van der Waals surface area contributed by atoms with Crippen LogP contribution in [-0.2, 0) is 22.5 Å². The molecule has 0 aromatic carbocycles. The quantitative estimate of drug-likeness (QED) is 0.775. The maximum atomic E-state index is 12.9. The number of methoxy groups -OCH3 is 1. The summed E-state index contributed by atoms with van der Waals surface area (Å²) in [6, 6.07) is 0.285. The number of nitrogens with zero attached hydrogens (tertiary/aromatic N) is 4. The van der Waals surface area contributed by atoms with Crippen LogP contribution >= 0.6 is 0 Å². The molecule has 1 saturated heterocycles. The van der Waals surface area contributed by atoms with E-state index in [1.54, 1.807) is 4.90 Å². The summed E-state index contributed by atoms with van der Waals surface area (Å²) in [6.45, 7) is 3.53. The van der Waals surface area contributed by atoms with Crippen molar-refractivity contribution in [1.82, 2.24) is 14.8 Å². The van der Waals surface area contributed by atoms with Gasteiger partial charge >= 0.3 is 6.09 Å². The molecule has 0 bridgehead atoms. The van der Waals surface area contributed by atoms with Gasteiger partial charge < -0.3 is 25.2 Å². The molecule has 2 aliphatic heterocycles. The summed E-state index contributed by atoms with van der Waals surface area (Å²) in [5.74, 6) is 2.64. The number of rotatable bonds is 4. The first kappa shape index (κ1) is 20.1. The van der Waals surface area contributed by atoms with Gasteiger partial charge in [-0.15, -0.1) is 0 Å². The Balaban J connectivity index is 1.30. The van der Waals surface area contributed by atoms with Crippen LogP contribution in [0.4, 0.5) is 16.3 Å². The van der Waals surface area contributed by atoms with Gasteiger partial charge in [0.25, 0.3) is 0 Å². The van der Waals surface area contributed by atoms with Crippen molar-refractivity contribution in [2.24, 2.45) is 11.8 Å². The molecule has 1 aromatic heterocycles. The second-order valence-corrected chi connectivity index (χ2v) is 10.3. The van der Waals surface area contributed by atoms with E-state index in [-0.39, 0.29) is 18.1 Å². The molecule has 8 nitrogen and oxygen atoms in total. The number of ether oxygens (including phenoxy) is 1. The average Bonchev–Trinajstić information content (AvgIpc) is 3.67. The molecule has 4 fully saturated rings. The van der Waals surface area contributed by atoms with E-state index in [0.29, 0.717) is 30.8 Å². The number of aromatic nitrogens is 1. The molecule has 2 N–H and O–H groups in total. The van der Waals surface area contributed by atoms with Gasteiger partial charge in [0, 0.05) is 38.0 Å². The Morgan fingerprint density at radius 1 is 1.03 bits per heavy atom. The number of carbonyl (C=O) groups is 2. The van der Waals surface area contributed by atoms with Crippen LogP contribution in [0.25, 0.3) is 0 Å². The molecule has 3 saturated carbocycles. The van der Waals surface area contributed by atoms with Crippen molar-refractivity contribution < 1.29 is 14.3 Å². The maximum absolute atomic E-state index is 12.9. The van der Waals surface area contributed by atoms with Gasteiger partial charge in [0.05, 0.1) is 31.1 Å². The predicted octanol–water partition coefficient (Wildman–Crippen LogP) is 2.50. The van der Waals surface area contributed by atoms with Crippen LogP contribution in [0.2, 0.25) is 0 Å². The Bertz CT molecular complexity index is 953. The molecule has 5 aliphatic rings. The molecule has 2 amide bonds. The smallest absolute Gasteiger partial charge is 0.409 e. The number of hydrogen-bond donors (Lipinski definition) is 1. The monoisotopic (exact) mass is 439 g/mol. The van der Waals surface area contributed by atoms with Crippen molar-refractivity contribution in [3.05, 3.63) is 16.8 Å². The summed E-state index contributed by atoms with van der Waals surface area (Å²) < 4.78 is 4.96. The number of nitrogens with two attached hydrogens (primary N) is 1. The highest BCUT2D eigenvalue weighted by Crippen LogP contribution is 2.46. The predicted molar refractivity (Wildman–Crippen MR) is 120 cm³/mol. The largest absolute Gasteiger partial charge is 0.453 e. The zero-order valence-corrected chi connectivity index (χ0v) is 18.9. The first-order chi connectivity index (χ1) is 15.5. The lowest BCUT2D eigenvalue weighted by atomic mass is 9.94. The van der Waals surface area contributed by atoms with Gasteiger partial charge in [0.1, 0.15) is 0 Å². The molecule has 1 atom stereocenters. The Morgan fingerprint density at radius 3 is 2.47 bits per heavy atom. The second kappa shape index (κ2) is 7.52. The Labute approximate surface area is 189 Å². The average molecular weight is 440 g/mol. The van der Waals surface area contributed by atoms with Crippen molar-refractivity contribution in [3.8, 4) is 0 Å². The van der Waals surface area contributed by atoms with Gasteiger partial charge in [-0.05, 0) is 62.0 Å². The van der Waals surface area contributed by atoms with Crippen molar-refractivity contribution in [1.29, 1.82) is 0 Å². The summed E-state index contributed by atoms with van der Waals surface area (Å²) in [4.78, 5) is 36.4. The fourth-order valence-electron chi connectivity index (χ4n) is 5.62. The Kier molecular flexibility index (Phi) is 4.73. The van der Waals surface area contributed by atoms with Crippen LogP contribution in [0.5, 0.6) is 0 Å². The van der Waals surface area contributed by atoms with Crippen molar-refractivity contribution in [2.75, 3.05) is 43.9 Å². The van der Waals surface area contributed by atoms with Crippen molar-refractivity contribution in [3.63, 3.8) is 0 Å². The van der Waals surface area contributed by atoms with E-state index in [2.05, 4.69) is 9.80 Å². The third-order valence-corrected chi connectivity index (χ3v) is 7.94. The van der Waals surface area contributed by atoms with Crippen LogP contribution in [0.3, 0.4) is 0 Å². The Morgan fingerprint density at radius 2 is 1.81 bits per heavy atom. The zero-order valence-electron chi connectivity index (χ0n) is 18.9. The molecule has 172 valence electrons. The topological polar surface area (TPSA) is 92.0 Å². The highest BCUT2D eigenvalue weighted by Gasteiger charge is 2.45. The van der Waals surface area contributed by atoms with Gasteiger partial charge in [-0.25, -0.2) is 9.78 Å². The van der Waals surface area contributed by atoms with Gasteiger partial charge in [-0.1, -0.05) is 0 Å². The molecule has 0 spiro atoms. The number of nitrogen functional groups attached to an aromatic ring is 1. The van der Waals surface area contributed by atoms with E-state index in [4.69, 9.17) is 15.5 Å². The molecule has 0 radical (unpaired) electrons. The number of pyridine rings is 1. The van der Waals surface area contributed by atoms with E-state index < -0.39 is 0 Å². The Hall–Kier alpha value is -2.51. The minimum absolute atomic E-state index is 0.272. The highest BCUT2D eigenvalue weighted by molar-refractivity contribution is 5.82. The fourth-order valence-corrected chi connectivity index (χ4v) is 5.62. The summed E-state index contributed by atoms with van der Waals surface area (Å²) in [5, 5.41) is 0. The van der Waals surface area contributed by atoms with Crippen LogP contribution in [-0.4, -0.2) is 66.1 Å². The lowest BCUT2D eigenvalue weighted by molar-refractivity contribution is -0.135. The van der Waals surface area contributed by atoms with E-state index >= 15 is 0 Å². The van der Waals surface area contributed by atoms with E-state index in [1.165, 1.54) is 20.0 Å². The van der Waals surface area contributed by atoms with Gasteiger partial charge in [-0.3, -0.25) is 4.79 Å². The first-order valence-electron chi connectivity index (χ1n) is 12.2. The summed E-state index contributed by atoms with van der Waals surface area (Å²) in [7, 11) is 1.43. The normalized spacial score (nSPS) is 25.5. The van der Waals surface area contributed by atoms with Gasteiger partial charge in [0.2, 0.25) is 5.91 Å². The molecular formula is C24H33N5O3. The number of carbonyl (C=O) groups excluding carboxylic acids is 2. The molecular weight excluding hydrogens is 406 g/mol. The number of amides is 2. The van der Waals surface area contributed by atoms with Crippen molar-refractivity contribution in [2.45, 2.75) is 63.5 Å². The second-order valence-electron chi connectivity index (χ2n) is 10.3. The fraction of sp³-hybridized carbons (Fsp3) is 0.708. The number of piperazine rings is 1. The summed E-state index contributed by atoms with van der Waals surface area (Å²) in [6.07, 6.45) is 7.30. The molecule has 3 heterocycles. The minimum Gasteiger partial charge on any atom is -0.453 e. The molecule has 32 heavy (non-hydrogen) atoms. The van der Waals surface area contributed by atoms with Crippen LogP contribution in [0.1, 0.15) is 61.3 Å². The molecule has 1 aromatic rings. The SMILES string of the molecule is COC(=O)N1CCc2c(N)c(N3CCN(C(=O)C4CC4)[C@H](C4CC4)C3)nc(C3CC3)c2C1. The summed E-state index contributed by atoms with van der Waals surface area (Å²) >= 11 is 0. The number of hydrogen-bond acceptors (Lipinski definition) is 6. The molecule has 0 unspecified atom stereocenters. The van der Waals surface area contributed by atoms with Crippen LogP contribution in [0, 0.1) is 11.8 Å².